The number of benzene rings is 2. The molecule has 0 aliphatic carbocycles. The van der Waals surface area contributed by atoms with E-state index in [2.05, 4.69) is 26.3 Å². The summed E-state index contributed by atoms with van der Waals surface area (Å²) in [6, 6.07) is 14.5. The zero-order chi connectivity index (χ0) is 23.5. The van der Waals surface area contributed by atoms with Gasteiger partial charge in [0.25, 0.3) is 17.5 Å². The summed E-state index contributed by atoms with van der Waals surface area (Å²) in [5.74, 6) is -0.587. The Balaban J connectivity index is 1.73. The number of aromatic nitrogens is 1. The number of para-hydroxylation sites is 1. The number of amides is 2. The molecule has 3 aromatic rings. The van der Waals surface area contributed by atoms with E-state index in [1.54, 1.807) is 42.5 Å². The van der Waals surface area contributed by atoms with Gasteiger partial charge in [-0.2, -0.15) is 0 Å². The summed E-state index contributed by atoms with van der Waals surface area (Å²) in [4.78, 5) is 39.8. The van der Waals surface area contributed by atoms with Crippen LogP contribution in [0.5, 0.6) is 17.4 Å². The van der Waals surface area contributed by atoms with Crippen molar-refractivity contribution in [1.29, 1.82) is 0 Å². The number of anilines is 1. The Labute approximate surface area is 195 Å². The van der Waals surface area contributed by atoms with Crippen LogP contribution in [0.3, 0.4) is 0 Å². The third kappa shape index (κ3) is 4.53. The van der Waals surface area contributed by atoms with Gasteiger partial charge in [-0.15, -0.1) is 0 Å². The Morgan fingerprint density at radius 3 is 2.55 bits per heavy atom. The second-order valence-electron chi connectivity index (χ2n) is 6.72. The summed E-state index contributed by atoms with van der Waals surface area (Å²) >= 11 is 3.38. The van der Waals surface area contributed by atoms with Crippen LogP contribution in [0.1, 0.15) is 5.56 Å². The lowest BCUT2D eigenvalue weighted by Gasteiger charge is -2.14. The molecule has 2 aromatic carbocycles. The van der Waals surface area contributed by atoms with Gasteiger partial charge in [0, 0.05) is 22.2 Å². The van der Waals surface area contributed by atoms with Crippen LogP contribution < -0.4 is 19.9 Å². The normalized spacial score (nSPS) is 14.4. The van der Waals surface area contributed by atoms with Gasteiger partial charge in [-0.3, -0.25) is 25.1 Å². The van der Waals surface area contributed by atoms with E-state index >= 15 is 0 Å². The van der Waals surface area contributed by atoms with E-state index in [1.165, 1.54) is 25.3 Å². The fourth-order valence-corrected chi connectivity index (χ4v) is 3.53. The molecule has 33 heavy (non-hydrogen) atoms. The first-order valence-corrected chi connectivity index (χ1v) is 10.2. The minimum atomic E-state index is -0.581. The van der Waals surface area contributed by atoms with Crippen LogP contribution in [-0.4, -0.2) is 28.8 Å². The van der Waals surface area contributed by atoms with E-state index in [9.17, 15) is 19.7 Å². The monoisotopic (exact) mass is 510 g/mol. The highest BCUT2D eigenvalue weighted by Gasteiger charge is 2.34. The SMILES string of the molecule is COc1cc(Br)cc(/C=C2/C(=O)NN(c3ccccc3)C2=O)c1Oc1ccc([N+](=O)[O-])cn1. The molecule has 0 unspecified atom stereocenters. The number of rotatable bonds is 6. The van der Waals surface area contributed by atoms with Gasteiger partial charge in [0.1, 0.15) is 11.8 Å². The molecular formula is C22H15BrN4O6. The summed E-state index contributed by atoms with van der Waals surface area (Å²) in [5.41, 5.74) is 3.10. The lowest BCUT2D eigenvalue weighted by Crippen LogP contribution is -2.35. The van der Waals surface area contributed by atoms with Crippen LogP contribution in [0.25, 0.3) is 6.08 Å². The lowest BCUT2D eigenvalue weighted by molar-refractivity contribution is -0.385. The number of methoxy groups -OCH3 is 1. The van der Waals surface area contributed by atoms with Gasteiger partial charge in [0.2, 0.25) is 5.88 Å². The third-order valence-corrected chi connectivity index (χ3v) is 5.07. The number of ether oxygens (including phenoxy) is 2. The predicted octanol–water partition coefficient (Wildman–Crippen LogP) is 4.01. The maximum absolute atomic E-state index is 12.9. The van der Waals surface area contributed by atoms with E-state index in [-0.39, 0.29) is 22.9 Å². The molecule has 2 heterocycles. The Morgan fingerprint density at radius 1 is 1.15 bits per heavy atom. The molecule has 10 nitrogen and oxygen atoms in total. The van der Waals surface area contributed by atoms with Crippen molar-refractivity contribution >= 4 is 45.2 Å². The minimum absolute atomic E-state index is 0.0639. The molecule has 1 aliphatic heterocycles. The molecule has 0 atom stereocenters. The molecule has 11 heteroatoms. The Kier molecular flexibility index (Phi) is 6.05. The second kappa shape index (κ2) is 9.09. The van der Waals surface area contributed by atoms with Crippen LogP contribution in [0.15, 0.2) is 70.8 Å². The summed E-state index contributed by atoms with van der Waals surface area (Å²) in [7, 11) is 1.43. The number of nitro groups is 1. The fourth-order valence-electron chi connectivity index (χ4n) is 3.07. The molecule has 1 aromatic heterocycles. The van der Waals surface area contributed by atoms with E-state index in [0.29, 0.717) is 21.5 Å². The summed E-state index contributed by atoms with van der Waals surface area (Å²) < 4.78 is 11.8. The van der Waals surface area contributed by atoms with Crippen molar-refractivity contribution in [2.24, 2.45) is 0 Å². The summed E-state index contributed by atoms with van der Waals surface area (Å²) in [5, 5.41) is 12.0. The van der Waals surface area contributed by atoms with Gasteiger partial charge in [-0.25, -0.2) is 9.99 Å². The average molecular weight is 511 g/mol. The smallest absolute Gasteiger partial charge is 0.287 e. The Bertz CT molecular complexity index is 1280. The molecule has 1 N–H and O–H groups in total. The number of nitrogens with zero attached hydrogens (tertiary/aromatic N) is 3. The number of hydrogen-bond donors (Lipinski definition) is 1. The quantitative estimate of drug-likeness (QED) is 0.230. The second-order valence-corrected chi connectivity index (χ2v) is 7.63. The summed E-state index contributed by atoms with van der Waals surface area (Å²) in [6.07, 6.45) is 2.44. The highest BCUT2D eigenvalue weighted by Crippen LogP contribution is 2.39. The van der Waals surface area contributed by atoms with Crippen molar-refractivity contribution < 1.29 is 24.0 Å². The standard InChI is InChI=1S/C22H15BrN4O6/c1-32-18-11-14(23)9-13(20(18)33-19-8-7-16(12-24-19)27(30)31)10-17-21(28)25-26(22(17)29)15-5-3-2-4-6-15/h2-12H,1H3,(H,25,28)/b17-10-. The number of hydrazine groups is 1. The number of hydrogen-bond acceptors (Lipinski definition) is 7. The Hall–Kier alpha value is -4.25. The molecule has 0 saturated carbocycles. The van der Waals surface area contributed by atoms with Gasteiger partial charge in [0.15, 0.2) is 11.5 Å². The van der Waals surface area contributed by atoms with Crippen molar-refractivity contribution in [2.45, 2.75) is 0 Å². The van der Waals surface area contributed by atoms with E-state index in [4.69, 9.17) is 9.47 Å². The van der Waals surface area contributed by atoms with Crippen molar-refractivity contribution in [3.8, 4) is 17.4 Å². The number of pyridine rings is 1. The van der Waals surface area contributed by atoms with Gasteiger partial charge in [-0.1, -0.05) is 34.1 Å². The van der Waals surface area contributed by atoms with Crippen molar-refractivity contribution in [3.05, 3.63) is 86.5 Å². The molecule has 0 radical (unpaired) electrons. The minimum Gasteiger partial charge on any atom is -0.493 e. The molecule has 4 rings (SSSR count). The zero-order valence-electron chi connectivity index (χ0n) is 17.0. The maximum atomic E-state index is 12.9. The largest absolute Gasteiger partial charge is 0.493 e. The number of carbonyl (C=O) groups is 2. The number of halogens is 1. The molecule has 0 spiro atoms. The topological polar surface area (TPSA) is 124 Å². The van der Waals surface area contributed by atoms with Gasteiger partial charge in [0.05, 0.1) is 17.7 Å². The molecule has 1 saturated heterocycles. The van der Waals surface area contributed by atoms with E-state index in [0.717, 1.165) is 11.2 Å². The van der Waals surface area contributed by atoms with Crippen LogP contribution in [-0.2, 0) is 9.59 Å². The zero-order valence-corrected chi connectivity index (χ0v) is 18.6. The lowest BCUT2D eigenvalue weighted by atomic mass is 10.1. The maximum Gasteiger partial charge on any atom is 0.287 e. The van der Waals surface area contributed by atoms with Crippen LogP contribution in [0.2, 0.25) is 0 Å². The molecule has 1 aliphatic rings. The number of nitrogens with one attached hydrogen (secondary N) is 1. The third-order valence-electron chi connectivity index (χ3n) is 4.61. The van der Waals surface area contributed by atoms with Gasteiger partial charge >= 0.3 is 0 Å². The first-order valence-electron chi connectivity index (χ1n) is 9.45. The molecular weight excluding hydrogens is 496 g/mol. The first kappa shape index (κ1) is 22.0. The van der Waals surface area contributed by atoms with Gasteiger partial charge in [-0.05, 0) is 30.3 Å². The predicted molar refractivity (Wildman–Crippen MR) is 122 cm³/mol. The Morgan fingerprint density at radius 2 is 1.91 bits per heavy atom. The highest BCUT2D eigenvalue weighted by atomic mass is 79.9. The molecule has 2 amide bonds. The van der Waals surface area contributed by atoms with Crippen molar-refractivity contribution in [3.63, 3.8) is 0 Å². The molecule has 166 valence electrons. The van der Waals surface area contributed by atoms with E-state index in [1.807, 2.05) is 0 Å². The van der Waals surface area contributed by atoms with Crippen LogP contribution in [0, 0.1) is 10.1 Å². The van der Waals surface area contributed by atoms with Crippen LogP contribution in [0.4, 0.5) is 11.4 Å². The van der Waals surface area contributed by atoms with Gasteiger partial charge < -0.3 is 9.47 Å². The number of carbonyl (C=O) groups excluding carboxylic acids is 2. The van der Waals surface area contributed by atoms with E-state index < -0.39 is 16.7 Å². The van der Waals surface area contributed by atoms with Crippen molar-refractivity contribution in [2.75, 3.05) is 12.1 Å². The molecule has 1 fully saturated rings. The first-order chi connectivity index (χ1) is 15.9. The molecule has 0 bridgehead atoms. The fraction of sp³-hybridized carbons (Fsp3) is 0.0455. The summed E-state index contributed by atoms with van der Waals surface area (Å²) in [6.45, 7) is 0. The van der Waals surface area contributed by atoms with Crippen molar-refractivity contribution in [1.82, 2.24) is 10.4 Å². The van der Waals surface area contributed by atoms with Crippen LogP contribution >= 0.6 is 15.9 Å². The average Bonchev–Trinajstić information content (AvgIpc) is 3.09. The highest BCUT2D eigenvalue weighted by molar-refractivity contribution is 9.10.